The van der Waals surface area contributed by atoms with E-state index in [1.807, 2.05) is 0 Å². The van der Waals surface area contributed by atoms with Crippen LogP contribution >= 0.6 is 0 Å². The molecule has 23 heavy (non-hydrogen) atoms. The molecule has 0 saturated carbocycles. The molecular weight excluding hydrogens is 280 g/mol. The van der Waals surface area contributed by atoms with Gasteiger partial charge in [-0.3, -0.25) is 4.90 Å². The van der Waals surface area contributed by atoms with E-state index in [0.717, 1.165) is 18.5 Å². The Morgan fingerprint density at radius 3 is 2.65 bits per heavy atom. The first-order valence-corrected chi connectivity index (χ1v) is 8.98. The number of rotatable bonds is 1. The van der Waals surface area contributed by atoms with Crippen molar-refractivity contribution in [3.63, 3.8) is 0 Å². The quantitative estimate of drug-likeness (QED) is 0.672. The number of nitrogens with zero attached hydrogens (tertiary/aromatic N) is 2. The number of anilines is 1. The van der Waals surface area contributed by atoms with Crippen LogP contribution in [-0.4, -0.2) is 37.1 Å². The van der Waals surface area contributed by atoms with Gasteiger partial charge in [-0.2, -0.15) is 0 Å². The maximum absolute atomic E-state index is 2.63. The summed E-state index contributed by atoms with van der Waals surface area (Å²) in [7, 11) is 2.32. The van der Waals surface area contributed by atoms with E-state index in [4.69, 9.17) is 0 Å². The molecule has 0 amide bonds. The number of hydrogen-bond donors (Lipinski definition) is 0. The first-order chi connectivity index (χ1) is 11.3. The van der Waals surface area contributed by atoms with E-state index in [-0.39, 0.29) is 0 Å². The molecular formula is C21H24N2. The summed E-state index contributed by atoms with van der Waals surface area (Å²) in [5, 5.41) is 0. The molecule has 0 N–H and O–H groups in total. The SMILES string of the molecule is CN1C2CCC1CN(c1ccc3c(c1)Cc1ccccc1-3)CC2. The van der Waals surface area contributed by atoms with Gasteiger partial charge in [0.2, 0.25) is 0 Å². The first-order valence-electron chi connectivity index (χ1n) is 8.98. The fourth-order valence-corrected chi connectivity index (χ4v) is 4.87. The summed E-state index contributed by atoms with van der Waals surface area (Å²) in [5.41, 5.74) is 7.29. The predicted octanol–water partition coefficient (Wildman–Crippen LogP) is 3.93. The molecule has 2 saturated heterocycles. The van der Waals surface area contributed by atoms with Crippen LogP contribution in [-0.2, 0) is 6.42 Å². The highest BCUT2D eigenvalue weighted by Crippen LogP contribution is 2.39. The number of fused-ring (bicyclic) bond motifs is 5. The van der Waals surface area contributed by atoms with Crippen LogP contribution in [0.3, 0.4) is 0 Å². The second-order valence-corrected chi connectivity index (χ2v) is 7.46. The summed E-state index contributed by atoms with van der Waals surface area (Å²) < 4.78 is 0. The van der Waals surface area contributed by atoms with Gasteiger partial charge in [0, 0.05) is 30.9 Å². The van der Waals surface area contributed by atoms with Crippen molar-refractivity contribution in [2.75, 3.05) is 25.0 Å². The molecule has 5 rings (SSSR count). The van der Waals surface area contributed by atoms with Crippen molar-refractivity contribution in [1.82, 2.24) is 4.90 Å². The zero-order valence-corrected chi connectivity index (χ0v) is 13.8. The molecule has 0 aromatic heterocycles. The Balaban J connectivity index is 1.46. The van der Waals surface area contributed by atoms with Gasteiger partial charge in [0.25, 0.3) is 0 Å². The van der Waals surface area contributed by atoms with E-state index in [1.54, 1.807) is 0 Å². The van der Waals surface area contributed by atoms with Gasteiger partial charge in [0.15, 0.2) is 0 Å². The Kier molecular flexibility index (Phi) is 3.02. The maximum atomic E-state index is 2.63. The molecule has 2 bridgehead atoms. The summed E-state index contributed by atoms with van der Waals surface area (Å²) in [5.74, 6) is 0. The Labute approximate surface area is 138 Å². The largest absolute Gasteiger partial charge is 0.370 e. The van der Waals surface area contributed by atoms with Gasteiger partial charge in [-0.05, 0) is 67.1 Å². The molecule has 2 heteroatoms. The van der Waals surface area contributed by atoms with Crippen molar-refractivity contribution < 1.29 is 0 Å². The number of hydrogen-bond acceptors (Lipinski definition) is 2. The van der Waals surface area contributed by atoms with Crippen molar-refractivity contribution in [1.29, 1.82) is 0 Å². The molecule has 2 unspecified atom stereocenters. The highest BCUT2D eigenvalue weighted by atomic mass is 15.3. The molecule has 2 atom stereocenters. The lowest BCUT2D eigenvalue weighted by molar-refractivity contribution is 0.254. The van der Waals surface area contributed by atoms with Gasteiger partial charge in [0.1, 0.15) is 0 Å². The van der Waals surface area contributed by atoms with Crippen molar-refractivity contribution in [2.24, 2.45) is 0 Å². The van der Waals surface area contributed by atoms with E-state index in [9.17, 15) is 0 Å². The molecule has 1 aliphatic carbocycles. The van der Waals surface area contributed by atoms with E-state index in [0.29, 0.717) is 0 Å². The minimum absolute atomic E-state index is 0.743. The monoisotopic (exact) mass is 304 g/mol. The molecule has 2 aliphatic heterocycles. The highest BCUT2D eigenvalue weighted by Gasteiger charge is 2.34. The fraction of sp³-hybridized carbons (Fsp3) is 0.429. The molecule has 2 aromatic rings. The minimum atomic E-state index is 0.743. The topological polar surface area (TPSA) is 6.48 Å². The average molecular weight is 304 g/mol. The van der Waals surface area contributed by atoms with Crippen LogP contribution in [0.15, 0.2) is 42.5 Å². The molecule has 3 aliphatic rings. The number of benzene rings is 2. The minimum Gasteiger partial charge on any atom is -0.370 e. The Morgan fingerprint density at radius 1 is 0.870 bits per heavy atom. The molecule has 118 valence electrons. The van der Waals surface area contributed by atoms with Crippen LogP contribution in [0.1, 0.15) is 30.4 Å². The van der Waals surface area contributed by atoms with Crippen LogP contribution in [0.2, 0.25) is 0 Å². The summed E-state index contributed by atoms with van der Waals surface area (Å²) in [4.78, 5) is 5.26. The maximum Gasteiger partial charge on any atom is 0.0370 e. The van der Waals surface area contributed by atoms with Gasteiger partial charge in [-0.25, -0.2) is 0 Å². The molecule has 2 heterocycles. The third kappa shape index (κ3) is 2.12. The van der Waals surface area contributed by atoms with Crippen molar-refractivity contribution >= 4 is 5.69 Å². The van der Waals surface area contributed by atoms with Crippen LogP contribution in [0.25, 0.3) is 11.1 Å². The smallest absolute Gasteiger partial charge is 0.0370 e. The lowest BCUT2D eigenvalue weighted by atomic mass is 10.0. The average Bonchev–Trinajstić information content (AvgIpc) is 3.04. The van der Waals surface area contributed by atoms with Gasteiger partial charge in [-0.1, -0.05) is 30.3 Å². The van der Waals surface area contributed by atoms with Crippen molar-refractivity contribution in [2.45, 2.75) is 37.8 Å². The van der Waals surface area contributed by atoms with Crippen LogP contribution in [0, 0.1) is 0 Å². The van der Waals surface area contributed by atoms with Gasteiger partial charge >= 0.3 is 0 Å². The standard InChI is InChI=1S/C21H24N2/c1-22-17-6-7-19(22)14-23(11-10-17)18-8-9-21-16(13-18)12-15-4-2-3-5-20(15)21/h2-5,8-9,13,17,19H,6-7,10-12,14H2,1H3. The van der Waals surface area contributed by atoms with E-state index in [2.05, 4.69) is 59.3 Å². The third-order valence-corrected chi connectivity index (χ3v) is 6.29. The Bertz CT molecular complexity index is 751. The van der Waals surface area contributed by atoms with E-state index < -0.39 is 0 Å². The van der Waals surface area contributed by atoms with Crippen LogP contribution < -0.4 is 4.90 Å². The van der Waals surface area contributed by atoms with Gasteiger partial charge < -0.3 is 4.90 Å². The normalized spacial score (nSPS) is 26.0. The Morgan fingerprint density at radius 2 is 1.70 bits per heavy atom. The summed E-state index contributed by atoms with van der Waals surface area (Å²) in [6, 6.07) is 17.6. The predicted molar refractivity (Wildman–Crippen MR) is 96.1 cm³/mol. The lowest BCUT2D eigenvalue weighted by Crippen LogP contribution is -2.36. The van der Waals surface area contributed by atoms with Gasteiger partial charge in [0.05, 0.1) is 0 Å². The zero-order chi connectivity index (χ0) is 15.4. The molecule has 2 nitrogen and oxygen atoms in total. The summed E-state index contributed by atoms with van der Waals surface area (Å²) >= 11 is 0. The Hall–Kier alpha value is -1.80. The van der Waals surface area contributed by atoms with E-state index >= 15 is 0 Å². The molecule has 0 spiro atoms. The van der Waals surface area contributed by atoms with Crippen molar-refractivity contribution in [3.8, 4) is 11.1 Å². The van der Waals surface area contributed by atoms with E-state index in [1.165, 1.54) is 60.3 Å². The lowest BCUT2D eigenvalue weighted by Gasteiger charge is -2.28. The highest BCUT2D eigenvalue weighted by molar-refractivity contribution is 5.78. The fourth-order valence-electron chi connectivity index (χ4n) is 4.87. The zero-order valence-electron chi connectivity index (χ0n) is 13.8. The van der Waals surface area contributed by atoms with Crippen LogP contribution in [0.4, 0.5) is 5.69 Å². The third-order valence-electron chi connectivity index (χ3n) is 6.29. The first kappa shape index (κ1) is 13.6. The van der Waals surface area contributed by atoms with Crippen LogP contribution in [0.5, 0.6) is 0 Å². The summed E-state index contributed by atoms with van der Waals surface area (Å²) in [6.07, 6.45) is 5.17. The number of likely N-dealkylation sites (N-methyl/N-ethyl adjacent to an activating group) is 1. The molecule has 2 fully saturated rings. The summed E-state index contributed by atoms with van der Waals surface area (Å²) in [6.45, 7) is 2.40. The molecule has 0 radical (unpaired) electrons. The second-order valence-electron chi connectivity index (χ2n) is 7.46. The molecule has 2 aromatic carbocycles. The second kappa shape index (κ2) is 5.10. The van der Waals surface area contributed by atoms with Gasteiger partial charge in [-0.15, -0.1) is 0 Å². The van der Waals surface area contributed by atoms with Crippen molar-refractivity contribution in [3.05, 3.63) is 53.6 Å².